The SMILES string of the molecule is COc1ccc2cc(CN(C=O)Cc3ccc(C(=O)Nc4ccccc4N)cc3)ccc2c1. The van der Waals surface area contributed by atoms with Gasteiger partial charge in [0.05, 0.1) is 18.5 Å². The normalized spacial score (nSPS) is 10.6. The van der Waals surface area contributed by atoms with Gasteiger partial charge in [-0.25, -0.2) is 0 Å². The summed E-state index contributed by atoms with van der Waals surface area (Å²) in [5.74, 6) is 0.577. The lowest BCUT2D eigenvalue weighted by Crippen LogP contribution is -2.21. The highest BCUT2D eigenvalue weighted by molar-refractivity contribution is 6.05. The lowest BCUT2D eigenvalue weighted by atomic mass is 10.1. The molecule has 6 heteroatoms. The van der Waals surface area contributed by atoms with E-state index in [2.05, 4.69) is 11.4 Å². The van der Waals surface area contributed by atoms with Gasteiger partial charge in [0.1, 0.15) is 5.75 Å². The molecule has 0 atom stereocenters. The smallest absolute Gasteiger partial charge is 0.255 e. The van der Waals surface area contributed by atoms with Crippen LogP contribution in [0.3, 0.4) is 0 Å². The van der Waals surface area contributed by atoms with Gasteiger partial charge in [0.25, 0.3) is 5.91 Å². The molecule has 33 heavy (non-hydrogen) atoms. The molecule has 4 aromatic rings. The zero-order valence-electron chi connectivity index (χ0n) is 18.3. The fourth-order valence-corrected chi connectivity index (χ4v) is 3.66. The summed E-state index contributed by atoms with van der Waals surface area (Å²) >= 11 is 0. The molecule has 0 spiro atoms. The summed E-state index contributed by atoms with van der Waals surface area (Å²) in [4.78, 5) is 25.9. The van der Waals surface area contributed by atoms with Crippen LogP contribution in [0.25, 0.3) is 10.8 Å². The molecule has 0 heterocycles. The molecule has 0 aliphatic rings. The van der Waals surface area contributed by atoms with Gasteiger partial charge < -0.3 is 20.7 Å². The first-order valence-electron chi connectivity index (χ1n) is 10.6. The monoisotopic (exact) mass is 439 g/mol. The molecule has 0 saturated carbocycles. The standard InChI is InChI=1S/C27H25N3O3/c1-33-24-13-12-22-14-20(8-11-23(22)15-24)17-30(18-31)16-19-6-9-21(10-7-19)27(32)29-26-5-3-2-4-25(26)28/h2-15,18H,16-17,28H2,1H3,(H,29,32). The van der Waals surface area contributed by atoms with E-state index in [1.165, 1.54) is 0 Å². The first-order chi connectivity index (χ1) is 16.1. The first kappa shape index (κ1) is 21.9. The number of methoxy groups -OCH3 is 1. The molecule has 0 fully saturated rings. The van der Waals surface area contributed by atoms with Crippen molar-refractivity contribution < 1.29 is 14.3 Å². The number of para-hydroxylation sites is 2. The van der Waals surface area contributed by atoms with Gasteiger partial charge in [-0.15, -0.1) is 0 Å². The lowest BCUT2D eigenvalue weighted by molar-refractivity contribution is -0.119. The molecule has 166 valence electrons. The van der Waals surface area contributed by atoms with Crippen LogP contribution >= 0.6 is 0 Å². The van der Waals surface area contributed by atoms with Crippen LogP contribution in [0.1, 0.15) is 21.5 Å². The summed E-state index contributed by atoms with van der Waals surface area (Å²) in [7, 11) is 1.65. The van der Waals surface area contributed by atoms with Crippen LogP contribution in [0.2, 0.25) is 0 Å². The molecule has 0 aromatic heterocycles. The Hall–Kier alpha value is -4.32. The molecule has 0 aliphatic carbocycles. The third-order valence-electron chi connectivity index (χ3n) is 5.46. The number of benzene rings is 4. The molecule has 0 bridgehead atoms. The van der Waals surface area contributed by atoms with E-state index in [1.807, 2.05) is 54.6 Å². The van der Waals surface area contributed by atoms with Crippen LogP contribution in [-0.4, -0.2) is 24.3 Å². The highest BCUT2D eigenvalue weighted by atomic mass is 16.5. The molecule has 3 N–H and O–H groups in total. The third-order valence-corrected chi connectivity index (χ3v) is 5.46. The number of amides is 2. The van der Waals surface area contributed by atoms with Crippen molar-refractivity contribution in [3.05, 3.63) is 102 Å². The number of fused-ring (bicyclic) bond motifs is 1. The topological polar surface area (TPSA) is 84.7 Å². The molecular formula is C27H25N3O3. The van der Waals surface area contributed by atoms with Crippen molar-refractivity contribution in [3.8, 4) is 5.75 Å². The summed E-state index contributed by atoms with van der Waals surface area (Å²) in [5, 5.41) is 4.99. The Morgan fingerprint density at radius 3 is 2.30 bits per heavy atom. The van der Waals surface area contributed by atoms with Gasteiger partial charge in [0.15, 0.2) is 0 Å². The van der Waals surface area contributed by atoms with E-state index in [1.54, 1.807) is 36.3 Å². The highest BCUT2D eigenvalue weighted by Gasteiger charge is 2.10. The number of ether oxygens (including phenoxy) is 1. The van der Waals surface area contributed by atoms with E-state index in [4.69, 9.17) is 10.5 Å². The number of hydrogen-bond acceptors (Lipinski definition) is 4. The minimum absolute atomic E-state index is 0.237. The number of hydrogen-bond donors (Lipinski definition) is 2. The second-order valence-corrected chi connectivity index (χ2v) is 7.80. The Morgan fingerprint density at radius 2 is 1.58 bits per heavy atom. The minimum atomic E-state index is -0.237. The predicted octanol–water partition coefficient (Wildman–Crippen LogP) is 4.84. The van der Waals surface area contributed by atoms with E-state index in [0.29, 0.717) is 30.0 Å². The quantitative estimate of drug-likeness (QED) is 0.304. The molecule has 4 aromatic carbocycles. The van der Waals surface area contributed by atoms with Crippen molar-refractivity contribution in [1.82, 2.24) is 4.90 Å². The van der Waals surface area contributed by atoms with Gasteiger partial charge >= 0.3 is 0 Å². The molecule has 6 nitrogen and oxygen atoms in total. The number of nitrogen functional groups attached to an aromatic ring is 1. The van der Waals surface area contributed by atoms with Gasteiger partial charge in [0, 0.05) is 18.7 Å². The van der Waals surface area contributed by atoms with E-state index >= 15 is 0 Å². The van der Waals surface area contributed by atoms with E-state index < -0.39 is 0 Å². The molecule has 2 amide bonds. The minimum Gasteiger partial charge on any atom is -0.497 e. The highest BCUT2D eigenvalue weighted by Crippen LogP contribution is 2.23. The zero-order chi connectivity index (χ0) is 23.2. The van der Waals surface area contributed by atoms with Gasteiger partial charge in [-0.3, -0.25) is 9.59 Å². The van der Waals surface area contributed by atoms with E-state index in [9.17, 15) is 9.59 Å². The van der Waals surface area contributed by atoms with Crippen molar-refractivity contribution in [2.75, 3.05) is 18.2 Å². The third kappa shape index (κ3) is 5.30. The van der Waals surface area contributed by atoms with Gasteiger partial charge in [-0.2, -0.15) is 0 Å². The van der Waals surface area contributed by atoms with Gasteiger partial charge in [-0.1, -0.05) is 42.5 Å². The predicted molar refractivity (Wildman–Crippen MR) is 131 cm³/mol. The molecule has 0 radical (unpaired) electrons. The summed E-state index contributed by atoms with van der Waals surface area (Å²) in [6, 6.07) is 26.4. The maximum Gasteiger partial charge on any atom is 0.255 e. The Labute approximate surface area is 192 Å². The molecule has 0 saturated heterocycles. The van der Waals surface area contributed by atoms with Crippen LogP contribution in [-0.2, 0) is 17.9 Å². The second-order valence-electron chi connectivity index (χ2n) is 7.80. The number of nitrogens with one attached hydrogen (secondary N) is 1. The van der Waals surface area contributed by atoms with Gasteiger partial charge in [0.2, 0.25) is 6.41 Å². The van der Waals surface area contributed by atoms with Crippen LogP contribution in [0.4, 0.5) is 11.4 Å². The number of nitrogens with two attached hydrogens (primary N) is 1. The second kappa shape index (κ2) is 9.87. The number of anilines is 2. The number of rotatable bonds is 8. The Kier molecular flexibility index (Phi) is 6.55. The average Bonchev–Trinajstić information content (AvgIpc) is 2.85. The van der Waals surface area contributed by atoms with Crippen LogP contribution in [0, 0.1) is 0 Å². The fraction of sp³-hybridized carbons (Fsp3) is 0.111. The summed E-state index contributed by atoms with van der Waals surface area (Å²) in [5.41, 5.74) is 9.47. The zero-order valence-corrected chi connectivity index (χ0v) is 18.3. The Balaban J connectivity index is 1.41. The molecular weight excluding hydrogens is 414 g/mol. The molecule has 4 rings (SSSR count). The van der Waals surface area contributed by atoms with Crippen molar-refractivity contribution >= 4 is 34.5 Å². The Morgan fingerprint density at radius 1 is 0.909 bits per heavy atom. The maximum absolute atomic E-state index is 12.5. The Bertz CT molecular complexity index is 1290. The fourth-order valence-electron chi connectivity index (χ4n) is 3.66. The van der Waals surface area contributed by atoms with Crippen LogP contribution < -0.4 is 15.8 Å². The van der Waals surface area contributed by atoms with Crippen molar-refractivity contribution in [3.63, 3.8) is 0 Å². The van der Waals surface area contributed by atoms with Crippen molar-refractivity contribution in [1.29, 1.82) is 0 Å². The summed E-state index contributed by atoms with van der Waals surface area (Å²) in [6.45, 7) is 0.929. The van der Waals surface area contributed by atoms with Gasteiger partial charge in [-0.05, 0) is 64.4 Å². The lowest BCUT2D eigenvalue weighted by Gasteiger charge is -2.18. The maximum atomic E-state index is 12.5. The van der Waals surface area contributed by atoms with E-state index in [-0.39, 0.29) is 5.91 Å². The van der Waals surface area contributed by atoms with E-state index in [0.717, 1.165) is 34.1 Å². The summed E-state index contributed by atoms with van der Waals surface area (Å²) < 4.78 is 5.27. The molecule has 0 unspecified atom stereocenters. The number of nitrogens with zero attached hydrogens (tertiary/aromatic N) is 1. The number of carbonyl (C=O) groups is 2. The van der Waals surface area contributed by atoms with Crippen molar-refractivity contribution in [2.45, 2.75) is 13.1 Å². The number of carbonyl (C=O) groups excluding carboxylic acids is 2. The average molecular weight is 440 g/mol. The first-order valence-corrected chi connectivity index (χ1v) is 10.6. The molecule has 0 aliphatic heterocycles. The van der Waals surface area contributed by atoms with Crippen molar-refractivity contribution in [2.24, 2.45) is 0 Å². The van der Waals surface area contributed by atoms with Crippen LogP contribution in [0.5, 0.6) is 5.75 Å². The largest absolute Gasteiger partial charge is 0.497 e. The summed E-state index contributed by atoms with van der Waals surface area (Å²) in [6.07, 6.45) is 0.844. The van der Waals surface area contributed by atoms with Crippen LogP contribution in [0.15, 0.2) is 84.9 Å².